The Kier molecular flexibility index (Phi) is 4.65. The van der Waals surface area contributed by atoms with Gasteiger partial charge in [-0.05, 0) is 36.6 Å². The lowest BCUT2D eigenvalue weighted by Crippen LogP contribution is -2.45. The van der Waals surface area contributed by atoms with Gasteiger partial charge in [0, 0.05) is 37.6 Å². The monoisotopic (exact) mass is 384 g/mol. The normalized spacial score (nSPS) is 20.7. The maximum absolute atomic E-state index is 12.6. The summed E-state index contributed by atoms with van der Waals surface area (Å²) in [6.45, 7) is 1.58. The minimum Gasteiger partial charge on any atom is -0.355 e. The predicted molar refractivity (Wildman–Crippen MR) is 101 cm³/mol. The van der Waals surface area contributed by atoms with E-state index in [4.69, 9.17) is 0 Å². The standard InChI is InChI=1S/C19H20N4O3S/c24-19(21-12-14-5-3-9-20-11-14)15-6-4-10-23(13-15)18-16-7-1-2-8-17(16)27(25,26)22-18/h1-3,5,7-9,11,15H,4,6,10,12-13H2,(H,21,24). The zero-order chi connectivity index (χ0) is 18.9. The van der Waals surface area contributed by atoms with Crippen LogP contribution in [-0.2, 0) is 21.4 Å². The highest BCUT2D eigenvalue weighted by atomic mass is 32.2. The first-order valence-electron chi connectivity index (χ1n) is 8.90. The summed E-state index contributed by atoms with van der Waals surface area (Å²) >= 11 is 0. The van der Waals surface area contributed by atoms with Gasteiger partial charge in [-0.3, -0.25) is 9.78 Å². The van der Waals surface area contributed by atoms with Crippen LogP contribution in [0.4, 0.5) is 0 Å². The zero-order valence-corrected chi connectivity index (χ0v) is 15.5. The second kappa shape index (κ2) is 7.11. The summed E-state index contributed by atoms with van der Waals surface area (Å²) < 4.78 is 28.5. The van der Waals surface area contributed by atoms with Gasteiger partial charge in [0.2, 0.25) is 5.91 Å². The SMILES string of the molecule is O=C(NCc1cccnc1)C1CCCN(C2=NS(=O)(=O)c3ccccc32)C1. The van der Waals surface area contributed by atoms with Crippen LogP contribution in [0.5, 0.6) is 0 Å². The Balaban J connectivity index is 1.47. The van der Waals surface area contributed by atoms with E-state index in [1.807, 2.05) is 17.0 Å². The van der Waals surface area contributed by atoms with E-state index < -0.39 is 10.0 Å². The average molecular weight is 384 g/mol. The highest BCUT2D eigenvalue weighted by Gasteiger charge is 2.35. The molecular formula is C19H20N4O3S. The molecule has 7 nitrogen and oxygen atoms in total. The molecule has 140 valence electrons. The number of likely N-dealkylation sites (tertiary alicyclic amines) is 1. The molecule has 0 bridgehead atoms. The van der Waals surface area contributed by atoms with Gasteiger partial charge < -0.3 is 10.2 Å². The van der Waals surface area contributed by atoms with Gasteiger partial charge in [0.25, 0.3) is 10.0 Å². The molecule has 3 heterocycles. The first kappa shape index (κ1) is 17.7. The molecule has 1 amide bonds. The molecule has 1 atom stereocenters. The molecule has 1 aromatic carbocycles. The summed E-state index contributed by atoms with van der Waals surface area (Å²) in [5.74, 6) is 0.224. The van der Waals surface area contributed by atoms with Crippen LogP contribution in [0.3, 0.4) is 0 Å². The van der Waals surface area contributed by atoms with Gasteiger partial charge >= 0.3 is 0 Å². The third-order valence-electron chi connectivity index (χ3n) is 4.89. The molecule has 1 unspecified atom stereocenters. The zero-order valence-electron chi connectivity index (χ0n) is 14.7. The van der Waals surface area contributed by atoms with Crippen LogP contribution in [0, 0.1) is 5.92 Å². The number of aromatic nitrogens is 1. The molecule has 8 heteroatoms. The maximum atomic E-state index is 12.6. The molecule has 1 aromatic heterocycles. The van der Waals surface area contributed by atoms with Gasteiger partial charge in [-0.25, -0.2) is 0 Å². The lowest BCUT2D eigenvalue weighted by atomic mass is 9.96. The molecule has 4 rings (SSSR count). The van der Waals surface area contributed by atoms with E-state index in [1.165, 1.54) is 0 Å². The van der Waals surface area contributed by atoms with Crippen molar-refractivity contribution >= 4 is 21.8 Å². The van der Waals surface area contributed by atoms with E-state index in [0.717, 1.165) is 18.4 Å². The molecule has 27 heavy (non-hydrogen) atoms. The van der Waals surface area contributed by atoms with E-state index in [2.05, 4.69) is 14.7 Å². The van der Waals surface area contributed by atoms with E-state index >= 15 is 0 Å². The molecule has 0 saturated carbocycles. The number of hydrogen-bond donors (Lipinski definition) is 1. The fourth-order valence-electron chi connectivity index (χ4n) is 3.54. The second-order valence-electron chi connectivity index (χ2n) is 6.75. The van der Waals surface area contributed by atoms with Gasteiger partial charge in [-0.1, -0.05) is 18.2 Å². The summed E-state index contributed by atoms with van der Waals surface area (Å²) in [4.78, 5) is 18.8. The maximum Gasteiger partial charge on any atom is 0.285 e. The molecule has 1 N–H and O–H groups in total. The van der Waals surface area contributed by atoms with Crippen LogP contribution < -0.4 is 5.32 Å². The Bertz CT molecular complexity index is 989. The summed E-state index contributed by atoms with van der Waals surface area (Å²) in [5, 5.41) is 2.95. The minimum atomic E-state index is -3.65. The summed E-state index contributed by atoms with van der Waals surface area (Å²) in [7, 11) is -3.65. The van der Waals surface area contributed by atoms with Crippen LogP contribution in [0.15, 0.2) is 58.1 Å². The van der Waals surface area contributed by atoms with Crippen molar-refractivity contribution in [2.45, 2.75) is 24.3 Å². The number of fused-ring (bicyclic) bond motifs is 1. The topological polar surface area (TPSA) is 91.7 Å². The highest BCUT2D eigenvalue weighted by molar-refractivity contribution is 7.90. The fraction of sp³-hybridized carbons (Fsp3) is 0.316. The number of nitrogens with zero attached hydrogens (tertiary/aromatic N) is 3. The number of nitrogens with one attached hydrogen (secondary N) is 1. The van der Waals surface area contributed by atoms with Crippen LogP contribution in [0.2, 0.25) is 0 Å². The molecule has 0 aliphatic carbocycles. The highest BCUT2D eigenvalue weighted by Crippen LogP contribution is 2.29. The first-order valence-corrected chi connectivity index (χ1v) is 10.3. The van der Waals surface area contributed by atoms with E-state index in [0.29, 0.717) is 31.0 Å². The molecule has 2 aliphatic heterocycles. The van der Waals surface area contributed by atoms with Crippen molar-refractivity contribution < 1.29 is 13.2 Å². The molecule has 1 fully saturated rings. The third-order valence-corrected chi connectivity index (χ3v) is 6.22. The number of rotatable bonds is 3. The largest absolute Gasteiger partial charge is 0.355 e. The van der Waals surface area contributed by atoms with Gasteiger partial charge in [0.05, 0.1) is 5.92 Å². The molecular weight excluding hydrogens is 364 g/mol. The van der Waals surface area contributed by atoms with Crippen LogP contribution in [0.25, 0.3) is 0 Å². The average Bonchev–Trinajstić information content (AvgIpc) is 2.98. The van der Waals surface area contributed by atoms with Crippen molar-refractivity contribution in [3.05, 3.63) is 59.9 Å². The number of piperidine rings is 1. The van der Waals surface area contributed by atoms with E-state index in [9.17, 15) is 13.2 Å². The van der Waals surface area contributed by atoms with E-state index in [-0.39, 0.29) is 16.7 Å². The Morgan fingerprint density at radius 2 is 2.07 bits per heavy atom. The van der Waals surface area contributed by atoms with Crippen LogP contribution >= 0.6 is 0 Å². The van der Waals surface area contributed by atoms with Crippen molar-refractivity contribution in [2.24, 2.45) is 10.3 Å². The van der Waals surface area contributed by atoms with E-state index in [1.54, 1.807) is 36.7 Å². The third kappa shape index (κ3) is 3.57. The molecule has 2 aliphatic rings. The number of benzene rings is 1. The Morgan fingerprint density at radius 1 is 1.22 bits per heavy atom. The van der Waals surface area contributed by atoms with Gasteiger partial charge in [-0.15, -0.1) is 4.40 Å². The summed E-state index contributed by atoms with van der Waals surface area (Å²) in [5.41, 5.74) is 1.56. The number of pyridine rings is 1. The van der Waals surface area contributed by atoms with Gasteiger partial charge in [-0.2, -0.15) is 8.42 Å². The number of amides is 1. The predicted octanol–water partition coefficient (Wildman–Crippen LogP) is 1.56. The van der Waals surface area contributed by atoms with Gasteiger partial charge in [0.1, 0.15) is 4.90 Å². The lowest BCUT2D eigenvalue weighted by Gasteiger charge is -2.33. The minimum absolute atomic E-state index is 0.0294. The quantitative estimate of drug-likeness (QED) is 0.867. The molecule has 0 spiro atoms. The molecule has 0 radical (unpaired) electrons. The second-order valence-corrected chi connectivity index (χ2v) is 8.32. The van der Waals surface area contributed by atoms with Crippen molar-refractivity contribution in [1.29, 1.82) is 0 Å². The Labute approximate surface area is 158 Å². The Hall–Kier alpha value is -2.74. The number of amidine groups is 1. The molecule has 2 aromatic rings. The lowest BCUT2D eigenvalue weighted by molar-refractivity contribution is -0.126. The Morgan fingerprint density at radius 3 is 2.89 bits per heavy atom. The van der Waals surface area contributed by atoms with Crippen molar-refractivity contribution in [2.75, 3.05) is 13.1 Å². The number of carbonyl (C=O) groups is 1. The van der Waals surface area contributed by atoms with Crippen molar-refractivity contribution in [1.82, 2.24) is 15.2 Å². The smallest absolute Gasteiger partial charge is 0.285 e. The number of hydrogen-bond acceptors (Lipinski definition) is 5. The fourth-order valence-corrected chi connectivity index (χ4v) is 4.76. The first-order chi connectivity index (χ1) is 13.0. The number of sulfonamides is 1. The van der Waals surface area contributed by atoms with Crippen LogP contribution in [-0.4, -0.2) is 43.1 Å². The molecule has 1 saturated heterocycles. The van der Waals surface area contributed by atoms with Crippen molar-refractivity contribution in [3.63, 3.8) is 0 Å². The summed E-state index contributed by atoms with van der Waals surface area (Å²) in [6.07, 6.45) is 5.00. The number of carbonyl (C=O) groups excluding carboxylic acids is 1. The van der Waals surface area contributed by atoms with Crippen LogP contribution in [0.1, 0.15) is 24.0 Å². The summed E-state index contributed by atoms with van der Waals surface area (Å²) in [6, 6.07) is 10.6. The van der Waals surface area contributed by atoms with Gasteiger partial charge in [0.15, 0.2) is 5.84 Å². The van der Waals surface area contributed by atoms with Crippen molar-refractivity contribution in [3.8, 4) is 0 Å².